The molecule has 0 atom stereocenters. The lowest BCUT2D eigenvalue weighted by atomic mass is 10.1. The molecular formula is C23H22ClFN4O2. The van der Waals surface area contributed by atoms with Crippen molar-refractivity contribution in [3.05, 3.63) is 70.9 Å². The predicted octanol–water partition coefficient (Wildman–Crippen LogP) is 4.81. The Kier molecular flexibility index (Phi) is 6.06. The molecule has 2 aromatic heterocycles. The number of rotatable bonds is 7. The van der Waals surface area contributed by atoms with Crippen molar-refractivity contribution in [2.45, 2.75) is 20.1 Å². The number of nitrogens with zero attached hydrogens (tertiary/aromatic N) is 3. The van der Waals surface area contributed by atoms with Crippen molar-refractivity contribution in [1.82, 2.24) is 14.5 Å². The van der Waals surface area contributed by atoms with Gasteiger partial charge in [0.2, 0.25) is 0 Å². The van der Waals surface area contributed by atoms with Gasteiger partial charge in [-0.05, 0) is 36.8 Å². The summed E-state index contributed by atoms with van der Waals surface area (Å²) in [4.78, 5) is 8.58. The largest absolute Gasteiger partial charge is 0.496 e. The van der Waals surface area contributed by atoms with Gasteiger partial charge in [0, 0.05) is 40.8 Å². The van der Waals surface area contributed by atoms with Crippen molar-refractivity contribution in [1.29, 1.82) is 0 Å². The van der Waals surface area contributed by atoms with Gasteiger partial charge in [-0.3, -0.25) is 0 Å². The first-order chi connectivity index (χ1) is 15.0. The highest BCUT2D eigenvalue weighted by molar-refractivity contribution is 6.31. The summed E-state index contributed by atoms with van der Waals surface area (Å²) < 4.78 is 21.8. The third-order valence-corrected chi connectivity index (χ3v) is 5.58. The molecule has 0 unspecified atom stereocenters. The molecule has 0 aliphatic carbocycles. The number of hydrogen-bond donors (Lipinski definition) is 2. The molecule has 0 saturated carbocycles. The van der Waals surface area contributed by atoms with Gasteiger partial charge in [0.25, 0.3) is 0 Å². The van der Waals surface area contributed by atoms with Gasteiger partial charge in [-0.25, -0.2) is 14.4 Å². The van der Waals surface area contributed by atoms with Crippen LogP contribution < -0.4 is 10.1 Å². The zero-order valence-electron chi connectivity index (χ0n) is 17.2. The molecule has 4 aromatic rings. The second kappa shape index (κ2) is 8.91. The van der Waals surface area contributed by atoms with Gasteiger partial charge in [0.05, 0.1) is 24.9 Å². The van der Waals surface area contributed by atoms with E-state index >= 15 is 0 Å². The molecule has 0 aliphatic heterocycles. The van der Waals surface area contributed by atoms with E-state index in [9.17, 15) is 9.50 Å². The van der Waals surface area contributed by atoms with E-state index in [1.165, 1.54) is 12.4 Å². The summed E-state index contributed by atoms with van der Waals surface area (Å²) in [6.45, 7) is 2.93. The minimum absolute atomic E-state index is 0.115. The van der Waals surface area contributed by atoms with Crippen molar-refractivity contribution < 1.29 is 14.2 Å². The Morgan fingerprint density at radius 3 is 2.74 bits per heavy atom. The Balaban J connectivity index is 1.52. The third-order valence-electron chi connectivity index (χ3n) is 5.22. The maximum Gasteiger partial charge on any atom is 0.147 e. The highest BCUT2D eigenvalue weighted by atomic mass is 35.5. The van der Waals surface area contributed by atoms with Crippen LogP contribution in [0.4, 0.5) is 10.2 Å². The van der Waals surface area contributed by atoms with Crippen molar-refractivity contribution in [3.63, 3.8) is 0 Å². The Morgan fingerprint density at radius 1 is 1.16 bits per heavy atom. The van der Waals surface area contributed by atoms with Crippen molar-refractivity contribution in [2.75, 3.05) is 19.0 Å². The maximum absolute atomic E-state index is 14.5. The fraction of sp³-hybridized carbons (Fsp3) is 0.217. The first-order valence-corrected chi connectivity index (χ1v) is 10.2. The van der Waals surface area contributed by atoms with E-state index in [4.69, 9.17) is 16.3 Å². The zero-order chi connectivity index (χ0) is 22.0. The van der Waals surface area contributed by atoms with Crippen molar-refractivity contribution in [2.24, 2.45) is 0 Å². The van der Waals surface area contributed by atoms with E-state index < -0.39 is 0 Å². The number of fused-ring (bicyclic) bond motifs is 1. The van der Waals surface area contributed by atoms with Crippen LogP contribution in [-0.2, 0) is 13.2 Å². The number of halogens is 2. The average molecular weight is 441 g/mol. The van der Waals surface area contributed by atoms with E-state index in [1.54, 1.807) is 25.3 Å². The predicted molar refractivity (Wildman–Crippen MR) is 120 cm³/mol. The molecule has 0 amide bonds. The SMILES string of the molecule is COc1ccc(F)c2c1cc(C)n2CCNc1cc(-c2ccc(CO)c(Cl)c2)ncn1. The second-order valence-corrected chi connectivity index (χ2v) is 7.54. The lowest BCUT2D eigenvalue weighted by Gasteiger charge is -2.12. The van der Waals surface area contributed by atoms with Crippen LogP contribution in [0.15, 0.2) is 48.8 Å². The normalized spacial score (nSPS) is 11.1. The van der Waals surface area contributed by atoms with E-state index in [1.807, 2.05) is 29.7 Å². The quantitative estimate of drug-likeness (QED) is 0.431. The first kappa shape index (κ1) is 21.1. The molecule has 2 heterocycles. The minimum Gasteiger partial charge on any atom is -0.496 e. The number of ether oxygens (including phenoxy) is 1. The van der Waals surface area contributed by atoms with E-state index in [0.29, 0.717) is 46.5 Å². The number of aliphatic hydroxyl groups is 1. The van der Waals surface area contributed by atoms with Crippen LogP contribution in [0.1, 0.15) is 11.3 Å². The first-order valence-electron chi connectivity index (χ1n) is 9.79. The number of hydrogen-bond acceptors (Lipinski definition) is 5. The topological polar surface area (TPSA) is 72.2 Å². The van der Waals surface area contributed by atoms with Crippen LogP contribution in [0.2, 0.25) is 5.02 Å². The third kappa shape index (κ3) is 4.19. The summed E-state index contributed by atoms with van der Waals surface area (Å²) in [5.74, 6) is 1.02. The molecule has 0 fully saturated rings. The fourth-order valence-electron chi connectivity index (χ4n) is 3.65. The number of aromatic nitrogens is 3. The fourth-order valence-corrected chi connectivity index (χ4v) is 3.89. The molecule has 6 nitrogen and oxygen atoms in total. The van der Waals surface area contributed by atoms with Crippen LogP contribution >= 0.6 is 11.6 Å². The van der Waals surface area contributed by atoms with E-state index in [2.05, 4.69) is 15.3 Å². The van der Waals surface area contributed by atoms with Gasteiger partial charge in [-0.2, -0.15) is 0 Å². The monoisotopic (exact) mass is 440 g/mol. The number of benzene rings is 2. The van der Waals surface area contributed by atoms with Crippen LogP contribution in [0.3, 0.4) is 0 Å². The Labute approximate surface area is 184 Å². The summed E-state index contributed by atoms with van der Waals surface area (Å²) in [6, 6.07) is 12.2. The maximum atomic E-state index is 14.5. The molecule has 8 heteroatoms. The molecule has 2 N–H and O–H groups in total. The van der Waals surface area contributed by atoms with Gasteiger partial charge in [0.1, 0.15) is 23.7 Å². The van der Waals surface area contributed by atoms with Crippen LogP contribution in [0, 0.1) is 12.7 Å². The molecule has 0 bridgehead atoms. The Bertz CT molecular complexity index is 1240. The van der Waals surface area contributed by atoms with Gasteiger partial charge >= 0.3 is 0 Å². The number of aliphatic hydroxyl groups excluding tert-OH is 1. The smallest absolute Gasteiger partial charge is 0.147 e. The highest BCUT2D eigenvalue weighted by Crippen LogP contribution is 2.31. The summed E-state index contributed by atoms with van der Waals surface area (Å²) in [7, 11) is 1.58. The second-order valence-electron chi connectivity index (χ2n) is 7.13. The van der Waals surface area contributed by atoms with Gasteiger partial charge in [0.15, 0.2) is 0 Å². The summed E-state index contributed by atoms with van der Waals surface area (Å²) in [5, 5.41) is 13.8. The van der Waals surface area contributed by atoms with Gasteiger partial charge in [-0.1, -0.05) is 23.7 Å². The number of aryl methyl sites for hydroxylation is 1. The molecule has 31 heavy (non-hydrogen) atoms. The van der Waals surface area contributed by atoms with E-state index in [-0.39, 0.29) is 12.4 Å². The number of methoxy groups -OCH3 is 1. The molecule has 0 saturated heterocycles. The highest BCUT2D eigenvalue weighted by Gasteiger charge is 2.14. The van der Waals surface area contributed by atoms with Crippen molar-refractivity contribution in [3.8, 4) is 17.0 Å². The van der Waals surface area contributed by atoms with Crippen LogP contribution in [0.25, 0.3) is 22.2 Å². The standard InChI is InChI=1S/C23H22ClFN4O2/c1-14-9-17-21(31-2)6-5-19(25)23(17)29(14)8-7-26-22-11-20(27-13-28-22)15-3-4-16(12-30)18(24)10-15/h3-6,9-11,13,30H,7-8,12H2,1-2H3,(H,26,27,28). The van der Waals surface area contributed by atoms with Gasteiger partial charge < -0.3 is 19.7 Å². The summed E-state index contributed by atoms with van der Waals surface area (Å²) in [5.41, 5.74) is 3.68. The summed E-state index contributed by atoms with van der Waals surface area (Å²) >= 11 is 6.20. The lowest BCUT2D eigenvalue weighted by molar-refractivity contribution is 0.282. The zero-order valence-corrected chi connectivity index (χ0v) is 17.9. The van der Waals surface area contributed by atoms with Crippen molar-refractivity contribution >= 4 is 28.3 Å². The average Bonchev–Trinajstić information content (AvgIpc) is 3.11. The van der Waals surface area contributed by atoms with E-state index in [0.717, 1.165) is 16.6 Å². The molecule has 160 valence electrons. The molecule has 0 radical (unpaired) electrons. The minimum atomic E-state index is -0.281. The molecule has 0 spiro atoms. The van der Waals surface area contributed by atoms with Crippen LogP contribution in [-0.4, -0.2) is 33.3 Å². The number of nitrogens with one attached hydrogen (secondary N) is 1. The molecular weight excluding hydrogens is 419 g/mol. The lowest BCUT2D eigenvalue weighted by Crippen LogP contribution is -2.13. The molecule has 2 aromatic carbocycles. The van der Waals surface area contributed by atoms with Gasteiger partial charge in [-0.15, -0.1) is 0 Å². The van der Waals surface area contributed by atoms with Crippen LogP contribution in [0.5, 0.6) is 5.75 Å². The Morgan fingerprint density at radius 2 is 2.00 bits per heavy atom. The molecule has 4 rings (SSSR count). The Hall–Kier alpha value is -3.16. The number of anilines is 1. The summed E-state index contributed by atoms with van der Waals surface area (Å²) in [6.07, 6.45) is 1.48. The molecule has 0 aliphatic rings.